The second-order valence-electron chi connectivity index (χ2n) is 4.69. The Morgan fingerprint density at radius 2 is 2.16 bits per heavy atom. The lowest BCUT2D eigenvalue weighted by atomic mass is 10.1. The van der Waals surface area contributed by atoms with E-state index in [0.717, 1.165) is 30.0 Å². The van der Waals surface area contributed by atoms with Crippen LogP contribution < -0.4 is 0 Å². The normalized spacial score (nSPS) is 12.6. The van der Waals surface area contributed by atoms with Crippen LogP contribution in [0.25, 0.3) is 0 Å². The second-order valence-corrected chi connectivity index (χ2v) is 5.34. The molecule has 0 bridgehead atoms. The molecular weight excluding hydrogens is 262 g/mol. The van der Waals surface area contributed by atoms with Crippen molar-refractivity contribution in [3.05, 3.63) is 41.5 Å². The van der Waals surface area contributed by atoms with Crippen LogP contribution in [0.5, 0.6) is 0 Å². The third kappa shape index (κ3) is 2.89. The maximum Gasteiger partial charge on any atom is 0.182 e. The van der Waals surface area contributed by atoms with E-state index in [9.17, 15) is 4.79 Å². The van der Waals surface area contributed by atoms with Gasteiger partial charge in [0.1, 0.15) is 0 Å². The van der Waals surface area contributed by atoms with Gasteiger partial charge in [0.05, 0.1) is 11.9 Å². The Morgan fingerprint density at radius 3 is 2.74 bits per heavy atom. The Hall–Kier alpha value is -1.55. The average molecular weight is 280 g/mol. The highest BCUT2D eigenvalue weighted by Gasteiger charge is 2.19. The van der Waals surface area contributed by atoms with Gasteiger partial charge in [0, 0.05) is 35.9 Å². The molecule has 0 aliphatic carbocycles. The third-order valence-corrected chi connectivity index (χ3v) is 3.51. The molecule has 0 saturated heterocycles. The van der Waals surface area contributed by atoms with E-state index in [-0.39, 0.29) is 5.78 Å². The summed E-state index contributed by atoms with van der Waals surface area (Å²) >= 11 is 5.88. The number of aromatic nitrogens is 3. The van der Waals surface area contributed by atoms with Crippen molar-refractivity contribution in [1.29, 1.82) is 0 Å². The zero-order valence-electron chi connectivity index (χ0n) is 11.4. The largest absolute Gasteiger partial charge is 0.347 e. The summed E-state index contributed by atoms with van der Waals surface area (Å²) in [6, 6.07) is 3.82. The van der Waals surface area contributed by atoms with Crippen LogP contribution in [-0.2, 0) is 13.1 Å². The first-order chi connectivity index (χ1) is 9.00. The number of ketones is 1. The van der Waals surface area contributed by atoms with Crippen molar-refractivity contribution in [1.82, 2.24) is 14.3 Å². The van der Waals surface area contributed by atoms with Crippen LogP contribution in [0.2, 0.25) is 0 Å². The van der Waals surface area contributed by atoms with Crippen molar-refractivity contribution in [2.45, 2.75) is 39.2 Å². The van der Waals surface area contributed by atoms with Gasteiger partial charge < -0.3 is 4.57 Å². The Kier molecular flexibility index (Phi) is 4.10. The van der Waals surface area contributed by atoms with Gasteiger partial charge in [-0.3, -0.25) is 9.48 Å². The zero-order valence-corrected chi connectivity index (χ0v) is 12.2. The molecule has 1 atom stereocenters. The first-order valence-corrected chi connectivity index (χ1v) is 6.76. The first kappa shape index (κ1) is 13.9. The smallest absolute Gasteiger partial charge is 0.182 e. The van der Waals surface area contributed by atoms with Crippen molar-refractivity contribution >= 4 is 17.4 Å². The molecule has 0 aromatic carbocycles. The minimum atomic E-state index is -0.486. The number of hydrogen-bond donors (Lipinski definition) is 0. The molecule has 2 aromatic heterocycles. The standard InChI is InChI=1S/C14H18ClN3O/c1-10-9-13(14(19)11(2)15)12(3)18(10)8-7-17-6-4-5-16-17/h4-6,9,11H,7-8H2,1-3H3. The Morgan fingerprint density at radius 1 is 1.42 bits per heavy atom. The van der Waals surface area contributed by atoms with Gasteiger partial charge in [-0.15, -0.1) is 11.6 Å². The lowest BCUT2D eigenvalue weighted by molar-refractivity contribution is 0.0991. The van der Waals surface area contributed by atoms with Gasteiger partial charge in [0.2, 0.25) is 0 Å². The molecule has 0 spiro atoms. The van der Waals surface area contributed by atoms with Gasteiger partial charge in [-0.25, -0.2) is 0 Å². The van der Waals surface area contributed by atoms with Crippen molar-refractivity contribution < 1.29 is 4.79 Å². The molecule has 19 heavy (non-hydrogen) atoms. The zero-order chi connectivity index (χ0) is 14.0. The van der Waals surface area contributed by atoms with E-state index in [1.807, 2.05) is 36.9 Å². The fourth-order valence-corrected chi connectivity index (χ4v) is 2.36. The number of alkyl halides is 1. The van der Waals surface area contributed by atoms with E-state index in [2.05, 4.69) is 9.67 Å². The van der Waals surface area contributed by atoms with Gasteiger partial charge >= 0.3 is 0 Å². The molecule has 0 aliphatic heterocycles. The van der Waals surface area contributed by atoms with Crippen LogP contribution >= 0.6 is 11.6 Å². The van der Waals surface area contributed by atoms with E-state index < -0.39 is 5.38 Å². The second kappa shape index (κ2) is 5.61. The molecule has 2 rings (SSSR count). The molecule has 2 aromatic rings. The summed E-state index contributed by atoms with van der Waals surface area (Å²) in [6.45, 7) is 7.25. The van der Waals surface area contributed by atoms with Crippen molar-refractivity contribution in [2.75, 3.05) is 0 Å². The number of hydrogen-bond acceptors (Lipinski definition) is 2. The summed E-state index contributed by atoms with van der Waals surface area (Å²) in [7, 11) is 0. The molecule has 2 heterocycles. The highest BCUT2D eigenvalue weighted by atomic mass is 35.5. The SMILES string of the molecule is Cc1cc(C(=O)C(C)Cl)c(C)n1CCn1cccn1. The fourth-order valence-electron chi connectivity index (χ4n) is 2.24. The highest BCUT2D eigenvalue weighted by molar-refractivity contribution is 6.33. The molecule has 0 amide bonds. The van der Waals surface area contributed by atoms with Gasteiger partial charge in [-0.2, -0.15) is 5.10 Å². The quantitative estimate of drug-likeness (QED) is 0.624. The Labute approximate surface area is 118 Å². The number of carbonyl (C=O) groups excluding carboxylic acids is 1. The van der Waals surface area contributed by atoms with Crippen LogP contribution in [-0.4, -0.2) is 25.5 Å². The predicted octanol–water partition coefficient (Wildman–Crippen LogP) is 2.81. The van der Waals surface area contributed by atoms with Crippen LogP contribution in [0.15, 0.2) is 24.5 Å². The van der Waals surface area contributed by atoms with Gasteiger partial charge in [-0.1, -0.05) is 0 Å². The van der Waals surface area contributed by atoms with Crippen LogP contribution in [0.4, 0.5) is 0 Å². The lowest BCUT2D eigenvalue weighted by Gasteiger charge is -2.10. The fraction of sp³-hybridized carbons (Fsp3) is 0.429. The van der Waals surface area contributed by atoms with Gasteiger partial charge in [0.15, 0.2) is 5.78 Å². The highest BCUT2D eigenvalue weighted by Crippen LogP contribution is 2.18. The number of Topliss-reactive ketones (excluding diaryl/α,β-unsaturated/α-hetero) is 1. The molecule has 0 radical (unpaired) electrons. The van der Waals surface area contributed by atoms with E-state index in [1.165, 1.54) is 0 Å². The van der Waals surface area contributed by atoms with Crippen molar-refractivity contribution in [2.24, 2.45) is 0 Å². The molecule has 1 unspecified atom stereocenters. The topological polar surface area (TPSA) is 39.8 Å². The Bertz CT molecular complexity index is 570. The van der Waals surface area contributed by atoms with Gasteiger partial charge in [0.25, 0.3) is 0 Å². The first-order valence-electron chi connectivity index (χ1n) is 6.33. The molecule has 0 aliphatic rings. The maximum atomic E-state index is 12.0. The lowest BCUT2D eigenvalue weighted by Crippen LogP contribution is -2.13. The summed E-state index contributed by atoms with van der Waals surface area (Å²) in [4.78, 5) is 12.0. The predicted molar refractivity (Wildman–Crippen MR) is 75.8 cm³/mol. The number of aryl methyl sites for hydroxylation is 2. The molecule has 0 N–H and O–H groups in total. The molecule has 102 valence electrons. The van der Waals surface area contributed by atoms with Crippen LogP contribution in [0, 0.1) is 13.8 Å². The Balaban J connectivity index is 2.19. The van der Waals surface area contributed by atoms with Crippen LogP contribution in [0.1, 0.15) is 28.7 Å². The number of halogens is 1. The van der Waals surface area contributed by atoms with E-state index in [1.54, 1.807) is 13.1 Å². The van der Waals surface area contributed by atoms with Crippen molar-refractivity contribution in [3.63, 3.8) is 0 Å². The maximum absolute atomic E-state index is 12.0. The summed E-state index contributed by atoms with van der Waals surface area (Å²) < 4.78 is 4.01. The third-order valence-electron chi connectivity index (χ3n) is 3.31. The molecule has 5 heteroatoms. The van der Waals surface area contributed by atoms with E-state index >= 15 is 0 Å². The molecule has 0 fully saturated rings. The molecular formula is C14H18ClN3O. The minimum absolute atomic E-state index is 0.0138. The summed E-state index contributed by atoms with van der Waals surface area (Å²) in [5.41, 5.74) is 2.77. The van der Waals surface area contributed by atoms with Crippen molar-refractivity contribution in [3.8, 4) is 0 Å². The monoisotopic (exact) mass is 279 g/mol. The van der Waals surface area contributed by atoms with E-state index in [4.69, 9.17) is 11.6 Å². The minimum Gasteiger partial charge on any atom is -0.347 e. The number of nitrogens with zero attached hydrogens (tertiary/aromatic N) is 3. The summed E-state index contributed by atoms with van der Waals surface area (Å²) in [6.07, 6.45) is 3.70. The average Bonchev–Trinajstić information content (AvgIpc) is 2.96. The van der Waals surface area contributed by atoms with E-state index in [0.29, 0.717) is 0 Å². The molecule has 4 nitrogen and oxygen atoms in total. The van der Waals surface area contributed by atoms with Gasteiger partial charge in [-0.05, 0) is 32.9 Å². The molecule has 0 saturated carbocycles. The summed E-state index contributed by atoms with van der Waals surface area (Å²) in [5, 5.41) is 3.69. The number of rotatable bonds is 5. The number of carbonyl (C=O) groups is 1. The van der Waals surface area contributed by atoms with Crippen LogP contribution in [0.3, 0.4) is 0 Å². The summed E-state index contributed by atoms with van der Waals surface area (Å²) in [5.74, 6) is -0.0138.